The molecule has 1 aromatic rings. The van der Waals surface area contributed by atoms with Gasteiger partial charge in [0.05, 0.1) is 5.56 Å². The second-order valence-corrected chi connectivity index (χ2v) is 6.75. The smallest absolute Gasteiger partial charge is 0.454 e. The fraction of sp³-hybridized carbons (Fsp3) is 0.444. The quantitative estimate of drug-likeness (QED) is 0.620. The lowest BCUT2D eigenvalue weighted by Gasteiger charge is -2.33. The van der Waals surface area contributed by atoms with E-state index >= 15 is 0 Å². The topological polar surface area (TPSA) is 61.8 Å². The lowest BCUT2D eigenvalue weighted by molar-refractivity contribution is -0.0106. The van der Waals surface area contributed by atoms with Crippen LogP contribution in [0.1, 0.15) is 16.8 Å². The molecule has 3 aliphatic carbocycles. The fourth-order valence-corrected chi connectivity index (χ4v) is 4.94. The normalized spacial score (nSPS) is 42.1. The summed E-state index contributed by atoms with van der Waals surface area (Å²) in [6, 6.07) is 9.01. The maximum Gasteiger partial charge on any atom is 0.509 e. The zero-order chi connectivity index (χ0) is 15.6. The molecule has 118 valence electrons. The molecule has 2 saturated carbocycles. The van der Waals surface area contributed by atoms with E-state index in [-0.39, 0.29) is 42.0 Å². The molecule has 0 amide bonds. The molecule has 1 aromatic carbocycles. The number of hydrogen-bond donors (Lipinski definition) is 0. The third-order valence-corrected chi connectivity index (χ3v) is 5.76. The van der Waals surface area contributed by atoms with E-state index in [1.807, 2.05) is 24.3 Å². The molecule has 0 aromatic heterocycles. The molecule has 0 radical (unpaired) electrons. The maximum atomic E-state index is 12.3. The van der Waals surface area contributed by atoms with Crippen molar-refractivity contribution in [3.63, 3.8) is 0 Å². The molecule has 0 spiro atoms. The van der Waals surface area contributed by atoms with Gasteiger partial charge >= 0.3 is 12.1 Å². The van der Waals surface area contributed by atoms with Crippen LogP contribution in [-0.2, 0) is 14.2 Å². The molecule has 7 atom stereocenters. The summed E-state index contributed by atoms with van der Waals surface area (Å²) in [6.45, 7) is 0. The van der Waals surface area contributed by atoms with E-state index in [0.717, 1.165) is 6.42 Å². The maximum absolute atomic E-state index is 12.3. The molecule has 0 N–H and O–H groups in total. The van der Waals surface area contributed by atoms with Gasteiger partial charge < -0.3 is 14.2 Å². The van der Waals surface area contributed by atoms with Crippen molar-refractivity contribution in [1.82, 2.24) is 0 Å². The first-order valence-corrected chi connectivity index (χ1v) is 8.04. The molecule has 0 unspecified atom stereocenters. The standard InChI is InChI=1S/C18H16O5/c19-17(9-4-2-1-3-5-9)21-13-7-6-10-11-8-12(14(10)13)16-15(11)22-18(20)23-16/h1-7,10-16H,8H2/t10-,11-,12+,13+,14-,15-,16+/m0/s1. The van der Waals surface area contributed by atoms with Gasteiger partial charge in [0.1, 0.15) is 18.3 Å². The minimum absolute atomic E-state index is 0.123. The predicted octanol–water partition coefficient (Wildman–Crippen LogP) is 2.57. The highest BCUT2D eigenvalue weighted by Gasteiger charge is 2.66. The van der Waals surface area contributed by atoms with Crippen LogP contribution in [0.2, 0.25) is 0 Å². The molecule has 2 bridgehead atoms. The van der Waals surface area contributed by atoms with Crippen molar-refractivity contribution in [2.24, 2.45) is 23.7 Å². The van der Waals surface area contributed by atoms with Crippen LogP contribution in [0.4, 0.5) is 4.79 Å². The van der Waals surface area contributed by atoms with Gasteiger partial charge in [-0.05, 0) is 30.5 Å². The van der Waals surface area contributed by atoms with Gasteiger partial charge in [0, 0.05) is 17.8 Å². The van der Waals surface area contributed by atoms with Crippen LogP contribution in [0.5, 0.6) is 0 Å². The Morgan fingerprint density at radius 1 is 1.04 bits per heavy atom. The Kier molecular flexibility index (Phi) is 2.63. The van der Waals surface area contributed by atoms with Crippen molar-refractivity contribution in [2.75, 3.05) is 0 Å². The number of carbonyl (C=O) groups is 2. The lowest BCUT2D eigenvalue weighted by Crippen LogP contribution is -2.42. The van der Waals surface area contributed by atoms with Gasteiger partial charge in [-0.3, -0.25) is 0 Å². The Morgan fingerprint density at radius 3 is 2.57 bits per heavy atom. The highest BCUT2D eigenvalue weighted by Crippen LogP contribution is 2.60. The molecule has 1 saturated heterocycles. The average Bonchev–Trinajstić information content (AvgIpc) is 3.27. The number of benzene rings is 1. The summed E-state index contributed by atoms with van der Waals surface area (Å²) in [5.41, 5.74) is 0.556. The second-order valence-electron chi connectivity index (χ2n) is 6.75. The van der Waals surface area contributed by atoms with Crippen molar-refractivity contribution in [3.8, 4) is 0 Å². The Balaban J connectivity index is 1.36. The molecular formula is C18H16O5. The molecule has 23 heavy (non-hydrogen) atoms. The number of esters is 1. The second kappa shape index (κ2) is 4.60. The Morgan fingerprint density at radius 2 is 1.78 bits per heavy atom. The number of fused-ring (bicyclic) bond motifs is 8. The lowest BCUT2D eigenvalue weighted by atomic mass is 9.77. The predicted molar refractivity (Wildman–Crippen MR) is 78.5 cm³/mol. The molecule has 5 rings (SSSR count). The minimum atomic E-state index is -0.559. The van der Waals surface area contributed by atoms with E-state index in [2.05, 4.69) is 6.08 Å². The summed E-state index contributed by atoms with van der Waals surface area (Å²) < 4.78 is 16.4. The molecular weight excluding hydrogens is 296 g/mol. The zero-order valence-electron chi connectivity index (χ0n) is 12.3. The molecule has 1 aliphatic heterocycles. The largest absolute Gasteiger partial charge is 0.509 e. The first kappa shape index (κ1) is 13.2. The Bertz CT molecular complexity index is 697. The van der Waals surface area contributed by atoms with Gasteiger partial charge in [-0.25, -0.2) is 9.59 Å². The number of carbonyl (C=O) groups excluding carboxylic acids is 2. The fourth-order valence-electron chi connectivity index (χ4n) is 4.94. The Labute approximate surface area is 133 Å². The van der Waals surface area contributed by atoms with Crippen molar-refractivity contribution in [1.29, 1.82) is 0 Å². The van der Waals surface area contributed by atoms with Crippen LogP contribution in [0, 0.1) is 23.7 Å². The summed E-state index contributed by atoms with van der Waals surface area (Å²) in [4.78, 5) is 23.7. The van der Waals surface area contributed by atoms with E-state index in [9.17, 15) is 9.59 Å². The van der Waals surface area contributed by atoms with Gasteiger partial charge in [0.15, 0.2) is 0 Å². The number of rotatable bonds is 2. The minimum Gasteiger partial charge on any atom is -0.454 e. The molecule has 5 nitrogen and oxygen atoms in total. The van der Waals surface area contributed by atoms with E-state index in [4.69, 9.17) is 14.2 Å². The van der Waals surface area contributed by atoms with E-state index < -0.39 is 6.16 Å². The highest BCUT2D eigenvalue weighted by molar-refractivity contribution is 5.89. The third kappa shape index (κ3) is 1.79. The van der Waals surface area contributed by atoms with Crippen LogP contribution in [0.15, 0.2) is 42.5 Å². The van der Waals surface area contributed by atoms with Gasteiger partial charge in [-0.15, -0.1) is 0 Å². The van der Waals surface area contributed by atoms with Crippen molar-refractivity contribution in [3.05, 3.63) is 48.0 Å². The van der Waals surface area contributed by atoms with Crippen LogP contribution in [-0.4, -0.2) is 30.4 Å². The number of allylic oxidation sites excluding steroid dienone is 1. The van der Waals surface area contributed by atoms with E-state index in [0.29, 0.717) is 11.5 Å². The summed E-state index contributed by atoms with van der Waals surface area (Å²) in [7, 11) is 0. The van der Waals surface area contributed by atoms with Gasteiger partial charge in [-0.1, -0.05) is 24.3 Å². The van der Waals surface area contributed by atoms with Crippen molar-refractivity contribution < 1.29 is 23.8 Å². The van der Waals surface area contributed by atoms with E-state index in [1.165, 1.54) is 0 Å². The van der Waals surface area contributed by atoms with Crippen LogP contribution in [0.3, 0.4) is 0 Å². The third-order valence-electron chi connectivity index (χ3n) is 5.76. The molecule has 4 aliphatic rings. The van der Waals surface area contributed by atoms with Crippen LogP contribution >= 0.6 is 0 Å². The zero-order valence-corrected chi connectivity index (χ0v) is 12.3. The summed E-state index contributed by atoms with van der Waals surface area (Å²) in [5, 5.41) is 0. The SMILES string of the molecule is O=C1O[C@@H]2[C@@H]3C[C@@H]([C@@H]4C=C[C@@H](OC(=O)c5ccccc5)[C@@H]43)[C@@H]2O1. The Hall–Kier alpha value is -2.30. The van der Waals surface area contributed by atoms with Crippen molar-refractivity contribution >= 4 is 12.1 Å². The van der Waals surface area contributed by atoms with Crippen LogP contribution in [0.25, 0.3) is 0 Å². The number of hydrogen-bond acceptors (Lipinski definition) is 5. The number of ether oxygens (including phenoxy) is 3. The highest BCUT2D eigenvalue weighted by atomic mass is 16.8. The van der Waals surface area contributed by atoms with Gasteiger partial charge in [0.25, 0.3) is 0 Å². The molecule has 3 fully saturated rings. The monoisotopic (exact) mass is 312 g/mol. The first-order chi connectivity index (χ1) is 11.2. The van der Waals surface area contributed by atoms with Crippen molar-refractivity contribution in [2.45, 2.75) is 24.7 Å². The van der Waals surface area contributed by atoms with Crippen LogP contribution < -0.4 is 0 Å². The van der Waals surface area contributed by atoms with Gasteiger partial charge in [-0.2, -0.15) is 0 Å². The van der Waals surface area contributed by atoms with E-state index in [1.54, 1.807) is 12.1 Å². The average molecular weight is 312 g/mol. The summed E-state index contributed by atoms with van der Waals surface area (Å²) in [5.74, 6) is 0.704. The summed E-state index contributed by atoms with van der Waals surface area (Å²) >= 11 is 0. The molecule has 1 heterocycles. The summed E-state index contributed by atoms with van der Waals surface area (Å²) in [6.07, 6.45) is 3.98. The van der Waals surface area contributed by atoms with Gasteiger partial charge in [0.2, 0.25) is 0 Å². The first-order valence-electron chi connectivity index (χ1n) is 8.04. The molecule has 5 heteroatoms.